The highest BCUT2D eigenvalue weighted by Crippen LogP contribution is 2.55. The number of amides is 1. The third kappa shape index (κ3) is 8.91. The smallest absolute Gasteiger partial charge is 0.312 e. The molecule has 2 aromatic carbocycles. The fourth-order valence-electron chi connectivity index (χ4n) is 7.82. The first-order valence-electron chi connectivity index (χ1n) is 21.1. The Morgan fingerprint density at radius 3 is 2.29 bits per heavy atom. The van der Waals surface area contributed by atoms with Crippen molar-refractivity contribution < 1.29 is 63.0 Å². The lowest BCUT2D eigenvalue weighted by atomic mass is 9.78. The van der Waals surface area contributed by atoms with Crippen LogP contribution in [0.2, 0.25) is 0 Å². The van der Waals surface area contributed by atoms with E-state index in [0.29, 0.717) is 0 Å². The standard InChI is InChI=1S/C43H58N4O12/c1-21-12-11-13-22(2)42(55)45-33-28(20-44-47-17-15-46(9)16-18-47)37(52)30-31(38(33)53)36(51)26(6)40-32(30)41(54)43(8,59-40)57-19-14-29(56-10)23(3)39(58-27(7)48)25(5)35(50)24(4)34(21)49/h11-14,19-21,23-25,29,34-35,39,49-53H,15-18H2,1-10H3,(H,45,55)/b12-11?,19-14-,22-13-,44-20+/t21-,23-,24+,25+,29-,34-,35+,39+,43-/m1/s1/i9D3. The molecule has 0 unspecified atom stereocenters. The van der Waals surface area contributed by atoms with Gasteiger partial charge in [-0.15, -0.1) is 0 Å². The summed E-state index contributed by atoms with van der Waals surface area (Å²) in [6.45, 7) is 10.7. The number of benzene rings is 2. The molecule has 0 spiro atoms. The van der Waals surface area contributed by atoms with Crippen LogP contribution in [0.4, 0.5) is 5.69 Å². The molecular formula is C43H58N4O12. The molecule has 0 aromatic heterocycles. The van der Waals surface area contributed by atoms with Crippen molar-refractivity contribution in [1.29, 1.82) is 0 Å². The Labute approximate surface area is 348 Å². The third-order valence-corrected chi connectivity index (χ3v) is 11.6. The lowest BCUT2D eigenvalue weighted by Gasteiger charge is -2.38. The van der Waals surface area contributed by atoms with Crippen LogP contribution in [0.25, 0.3) is 10.8 Å². The molecule has 9 atom stereocenters. The SMILES string of the molecule is [2H]C([2H])([2H])N1CCN(/N=C/c2c3c(O)c4c(O)c(C)c5c(c4c2O)C(=O)[C@](C)(O/C=C\[C@@H](OC)[C@@H](C)[C@H](OC(C)=O)[C@@H](C)[C@@H](O)[C@@H](C)[C@H](O)[C@H](C)C=C/C=C(/C)C(=O)N3)O5)CC1. The number of esters is 1. The Morgan fingerprint density at radius 2 is 1.66 bits per heavy atom. The van der Waals surface area contributed by atoms with E-state index in [1.165, 1.54) is 58.1 Å². The maximum Gasteiger partial charge on any atom is 0.312 e. The highest BCUT2D eigenvalue weighted by molar-refractivity contribution is 6.23. The Balaban J connectivity index is 1.69. The molecule has 6 rings (SSSR count). The predicted octanol–water partition coefficient (Wildman–Crippen LogP) is 4.34. The molecule has 59 heavy (non-hydrogen) atoms. The summed E-state index contributed by atoms with van der Waals surface area (Å²) in [6.07, 6.45) is 4.45. The molecule has 1 amide bonds. The normalized spacial score (nSPS) is 32.5. The van der Waals surface area contributed by atoms with Crippen LogP contribution in [0.1, 0.15) is 74.1 Å². The lowest BCUT2D eigenvalue weighted by Crippen LogP contribution is -2.46. The van der Waals surface area contributed by atoms with Gasteiger partial charge in [-0.2, -0.15) is 5.10 Å². The number of ketones is 1. The Bertz CT molecular complexity index is 2180. The van der Waals surface area contributed by atoms with Crippen molar-refractivity contribution in [2.45, 2.75) is 85.6 Å². The van der Waals surface area contributed by atoms with E-state index in [1.54, 1.807) is 44.9 Å². The van der Waals surface area contributed by atoms with Gasteiger partial charge in [0.2, 0.25) is 0 Å². The van der Waals surface area contributed by atoms with E-state index < -0.39 is 95.8 Å². The van der Waals surface area contributed by atoms with E-state index in [1.807, 2.05) is 0 Å². The number of aliphatic hydroxyl groups excluding tert-OH is 2. The summed E-state index contributed by atoms with van der Waals surface area (Å²) in [5, 5.41) is 66.4. The largest absolute Gasteiger partial charge is 0.507 e. The zero-order chi connectivity index (χ0) is 46.2. The van der Waals surface area contributed by atoms with Crippen molar-refractivity contribution in [1.82, 2.24) is 9.91 Å². The molecule has 4 aliphatic heterocycles. The van der Waals surface area contributed by atoms with Gasteiger partial charge >= 0.3 is 11.8 Å². The number of phenolic OH excluding ortho intramolecular Hbond substituents is 3. The number of carbonyl (C=O) groups is 3. The molecular weight excluding hydrogens is 764 g/mol. The van der Waals surface area contributed by atoms with Gasteiger partial charge in [0.1, 0.15) is 23.4 Å². The quantitative estimate of drug-likeness (QED) is 0.109. The number of hydrogen-bond donors (Lipinski definition) is 6. The number of nitrogens with one attached hydrogen (secondary N) is 1. The summed E-state index contributed by atoms with van der Waals surface area (Å²) >= 11 is 0. The number of likely N-dealkylation sites (N-methyl/N-ethyl adjacent to an activating group) is 1. The second-order valence-corrected chi connectivity index (χ2v) is 15.8. The van der Waals surface area contributed by atoms with Crippen LogP contribution in [-0.4, -0.2) is 130 Å². The van der Waals surface area contributed by atoms with Crippen LogP contribution in [-0.2, 0) is 23.8 Å². The van der Waals surface area contributed by atoms with E-state index in [9.17, 15) is 39.9 Å². The molecule has 0 aliphatic carbocycles. The fraction of sp³-hybridized carbons (Fsp3) is 0.535. The number of nitrogens with zero attached hydrogens (tertiary/aromatic N) is 3. The number of aromatic hydroxyl groups is 3. The van der Waals surface area contributed by atoms with Crippen LogP contribution in [0.15, 0.2) is 41.2 Å². The van der Waals surface area contributed by atoms with Crippen molar-refractivity contribution in [3.8, 4) is 23.0 Å². The van der Waals surface area contributed by atoms with Crippen molar-refractivity contribution in [2.24, 2.45) is 28.8 Å². The molecule has 5 bridgehead atoms. The molecule has 0 saturated carbocycles. The van der Waals surface area contributed by atoms with Gasteiger partial charge in [-0.1, -0.05) is 45.9 Å². The summed E-state index contributed by atoms with van der Waals surface area (Å²) in [5.41, 5.74) is -0.716. The number of anilines is 1. The molecule has 2 aromatic rings. The van der Waals surface area contributed by atoms with Gasteiger partial charge in [-0.3, -0.25) is 19.4 Å². The van der Waals surface area contributed by atoms with Gasteiger partial charge < -0.3 is 54.7 Å². The average Bonchev–Trinajstić information content (AvgIpc) is 3.48. The Hall–Kier alpha value is -5.16. The average molecular weight is 826 g/mol. The number of phenols is 3. The highest BCUT2D eigenvalue weighted by atomic mass is 16.7. The van der Waals surface area contributed by atoms with E-state index in [0.717, 1.165) is 6.21 Å². The highest BCUT2D eigenvalue weighted by Gasteiger charge is 2.50. The number of aliphatic hydroxyl groups is 2. The first kappa shape index (κ1) is 40.6. The topological polar surface area (TPSA) is 220 Å². The minimum atomic E-state index is -2.30. The van der Waals surface area contributed by atoms with E-state index in [2.05, 4.69) is 10.4 Å². The molecule has 1 saturated heterocycles. The minimum absolute atomic E-state index is 0.00936. The van der Waals surface area contributed by atoms with Gasteiger partial charge in [-0.05, 0) is 26.9 Å². The second-order valence-electron chi connectivity index (χ2n) is 15.8. The number of methoxy groups -OCH3 is 1. The number of Topliss-reactive ketones (excluding diaryl/α,β-unsaturated/α-hetero) is 1. The molecule has 322 valence electrons. The maximum atomic E-state index is 14.5. The summed E-state index contributed by atoms with van der Waals surface area (Å²) < 4.78 is 46.7. The maximum absolute atomic E-state index is 14.5. The van der Waals surface area contributed by atoms with Crippen molar-refractivity contribution in [3.05, 3.63) is 52.8 Å². The zero-order valence-corrected chi connectivity index (χ0v) is 34.8. The van der Waals surface area contributed by atoms with Gasteiger partial charge in [0.15, 0.2) is 5.75 Å². The summed E-state index contributed by atoms with van der Waals surface area (Å²) in [6, 6.07) is 0. The van der Waals surface area contributed by atoms with E-state index in [4.69, 9.17) is 23.1 Å². The van der Waals surface area contributed by atoms with Crippen LogP contribution in [0, 0.1) is 30.6 Å². The number of carbonyl (C=O) groups excluding carboxylic acids is 3. The first-order valence-corrected chi connectivity index (χ1v) is 19.6. The summed E-state index contributed by atoms with van der Waals surface area (Å²) in [5.74, 6) is -8.92. The van der Waals surface area contributed by atoms with Gasteiger partial charge in [-0.25, -0.2) is 0 Å². The van der Waals surface area contributed by atoms with Gasteiger partial charge in [0.05, 0.1) is 53.0 Å². The number of hydrogen-bond acceptors (Lipinski definition) is 15. The van der Waals surface area contributed by atoms with Crippen LogP contribution < -0.4 is 10.1 Å². The fourth-order valence-corrected chi connectivity index (χ4v) is 7.82. The Kier molecular flexibility index (Phi) is 12.4. The number of fused-ring (bicyclic) bond motifs is 14. The summed E-state index contributed by atoms with van der Waals surface area (Å²) in [7, 11) is 1.42. The number of hydrazone groups is 1. The van der Waals surface area contributed by atoms with Gasteiger partial charge in [0, 0.05) is 91.4 Å². The molecule has 4 aliphatic rings. The molecule has 4 heterocycles. The molecule has 6 N–H and O–H groups in total. The van der Waals surface area contributed by atoms with Crippen molar-refractivity contribution in [2.75, 3.05) is 45.6 Å². The lowest BCUT2D eigenvalue weighted by molar-refractivity contribution is -0.160. The third-order valence-electron chi connectivity index (χ3n) is 11.6. The minimum Gasteiger partial charge on any atom is -0.507 e. The summed E-state index contributed by atoms with van der Waals surface area (Å²) in [4.78, 5) is 41.9. The van der Waals surface area contributed by atoms with Crippen LogP contribution in [0.5, 0.6) is 23.0 Å². The Morgan fingerprint density at radius 1 is 0.983 bits per heavy atom. The van der Waals surface area contributed by atoms with Gasteiger partial charge in [0.25, 0.3) is 11.7 Å². The first-order chi connectivity index (χ1) is 28.9. The number of ether oxygens (including phenoxy) is 4. The number of allylic oxidation sites excluding steroid dienone is 2. The predicted molar refractivity (Wildman–Crippen MR) is 220 cm³/mol. The zero-order valence-electron chi connectivity index (χ0n) is 37.8. The van der Waals surface area contributed by atoms with E-state index in [-0.39, 0.29) is 70.7 Å². The van der Waals surface area contributed by atoms with E-state index >= 15 is 0 Å². The molecule has 0 radical (unpaired) electrons. The monoisotopic (exact) mass is 825 g/mol. The van der Waals surface area contributed by atoms with Crippen LogP contribution in [0.3, 0.4) is 0 Å². The molecule has 16 nitrogen and oxygen atoms in total. The molecule has 1 fully saturated rings. The second kappa shape index (κ2) is 18.0. The van der Waals surface area contributed by atoms with Crippen molar-refractivity contribution >= 4 is 40.3 Å². The molecule has 16 heteroatoms. The number of rotatable bonds is 4. The van der Waals surface area contributed by atoms with Crippen molar-refractivity contribution in [3.63, 3.8) is 0 Å². The number of piperazine rings is 1. The van der Waals surface area contributed by atoms with Crippen LogP contribution >= 0.6 is 0 Å².